The van der Waals surface area contributed by atoms with Crippen LogP contribution in [0.2, 0.25) is 5.02 Å². The molecule has 0 unspecified atom stereocenters. The fourth-order valence-corrected chi connectivity index (χ4v) is 2.90. The van der Waals surface area contributed by atoms with Crippen molar-refractivity contribution in [3.8, 4) is 0 Å². The number of quaternary nitrogens is 1. The van der Waals surface area contributed by atoms with Crippen molar-refractivity contribution in [3.63, 3.8) is 0 Å². The minimum atomic E-state index is -0.303. The summed E-state index contributed by atoms with van der Waals surface area (Å²) in [5, 5.41) is 3.19. The molecule has 5 nitrogen and oxygen atoms in total. The molecule has 0 saturated carbocycles. The van der Waals surface area contributed by atoms with E-state index in [1.165, 1.54) is 0 Å². The molecule has 0 radical (unpaired) electrons. The zero-order valence-electron chi connectivity index (χ0n) is 17.3. The van der Waals surface area contributed by atoms with Crippen molar-refractivity contribution in [1.29, 1.82) is 0 Å². The Bertz CT molecular complexity index is 601. The lowest BCUT2D eigenvalue weighted by Crippen LogP contribution is -3.11. The van der Waals surface area contributed by atoms with E-state index in [4.69, 9.17) is 16.3 Å². The molecule has 1 amide bonds. The summed E-state index contributed by atoms with van der Waals surface area (Å²) in [6.45, 7) is 14.5. The second kappa shape index (κ2) is 12.7. The highest BCUT2D eigenvalue weighted by atomic mass is 35.5. The van der Waals surface area contributed by atoms with Gasteiger partial charge in [-0.05, 0) is 51.7 Å². The van der Waals surface area contributed by atoms with E-state index in [0.29, 0.717) is 23.1 Å². The average molecular weight is 397 g/mol. The molecule has 152 valence electrons. The molecular formula is C21H35ClN3O2+. The molecule has 0 aliphatic heterocycles. The third kappa shape index (κ3) is 9.25. The van der Waals surface area contributed by atoms with Gasteiger partial charge in [-0.3, -0.25) is 10.1 Å². The van der Waals surface area contributed by atoms with E-state index in [1.54, 1.807) is 29.2 Å². The number of carbonyl (C=O) groups is 1. The lowest BCUT2D eigenvalue weighted by atomic mass is 10.2. The van der Waals surface area contributed by atoms with Crippen molar-refractivity contribution >= 4 is 23.5 Å². The Hall–Kier alpha value is -1.59. The van der Waals surface area contributed by atoms with Gasteiger partial charge in [0.05, 0.1) is 42.9 Å². The zero-order valence-corrected chi connectivity index (χ0v) is 18.1. The fourth-order valence-electron chi connectivity index (χ4n) is 2.68. The van der Waals surface area contributed by atoms with Gasteiger partial charge in [0.1, 0.15) is 0 Å². The largest absolute Gasteiger partial charge is 0.465 e. The Kier molecular flexibility index (Phi) is 11.1. The lowest BCUT2D eigenvalue weighted by Gasteiger charge is -2.17. The van der Waals surface area contributed by atoms with Crippen LogP contribution in [-0.2, 0) is 4.74 Å². The summed E-state index contributed by atoms with van der Waals surface area (Å²) in [7, 11) is 0. The Labute approximate surface area is 169 Å². The highest BCUT2D eigenvalue weighted by Crippen LogP contribution is 2.14. The van der Waals surface area contributed by atoms with E-state index >= 15 is 0 Å². The first-order chi connectivity index (χ1) is 12.9. The van der Waals surface area contributed by atoms with Gasteiger partial charge in [-0.2, -0.15) is 0 Å². The summed E-state index contributed by atoms with van der Waals surface area (Å²) in [5.41, 5.74) is 0.415. The van der Waals surface area contributed by atoms with Crippen LogP contribution in [0, 0.1) is 5.92 Å². The number of rotatable bonds is 10. The van der Waals surface area contributed by atoms with E-state index in [2.05, 4.69) is 44.9 Å². The lowest BCUT2D eigenvalue weighted by molar-refractivity contribution is -0.896. The normalized spacial score (nSPS) is 13.1. The van der Waals surface area contributed by atoms with Crippen LogP contribution in [0.4, 0.5) is 0 Å². The Morgan fingerprint density at radius 2 is 1.89 bits per heavy atom. The number of amides is 1. The molecule has 0 aliphatic carbocycles. The molecule has 0 aromatic heterocycles. The molecule has 0 heterocycles. The predicted molar refractivity (Wildman–Crippen MR) is 113 cm³/mol. The summed E-state index contributed by atoms with van der Waals surface area (Å²) < 4.78 is 5.75. The van der Waals surface area contributed by atoms with Gasteiger partial charge < -0.3 is 9.64 Å². The standard InChI is InChI=1S/C21H34ClN3O2/c1-6-25(7-2)14-10-11-17(5)23-21(27-15-16(3)4)24-20(26)18-12-8-9-13-19(18)22/h8-9,12-13,16-17H,6-7,10-11,14-15H2,1-5H3,(H,23,24,26)/p+1/t17-/m1/s1. The minimum absolute atomic E-state index is 0.0775. The third-order valence-electron chi connectivity index (χ3n) is 4.38. The van der Waals surface area contributed by atoms with Gasteiger partial charge in [0, 0.05) is 0 Å². The van der Waals surface area contributed by atoms with Gasteiger partial charge in [-0.25, -0.2) is 4.99 Å². The van der Waals surface area contributed by atoms with Gasteiger partial charge in [0.15, 0.2) is 0 Å². The van der Waals surface area contributed by atoms with Crippen molar-refractivity contribution in [2.75, 3.05) is 26.2 Å². The second-order valence-corrected chi connectivity index (χ2v) is 7.68. The number of hydrogen-bond donors (Lipinski definition) is 2. The van der Waals surface area contributed by atoms with Crippen molar-refractivity contribution in [2.24, 2.45) is 10.9 Å². The van der Waals surface area contributed by atoms with Gasteiger partial charge in [-0.15, -0.1) is 0 Å². The first-order valence-electron chi connectivity index (χ1n) is 9.97. The van der Waals surface area contributed by atoms with Crippen LogP contribution in [0.5, 0.6) is 0 Å². The van der Waals surface area contributed by atoms with Crippen LogP contribution in [0.25, 0.3) is 0 Å². The molecular weight excluding hydrogens is 362 g/mol. The number of nitrogens with one attached hydrogen (secondary N) is 2. The molecule has 27 heavy (non-hydrogen) atoms. The van der Waals surface area contributed by atoms with E-state index in [-0.39, 0.29) is 18.0 Å². The molecule has 0 fully saturated rings. The van der Waals surface area contributed by atoms with Crippen molar-refractivity contribution < 1.29 is 14.4 Å². The average Bonchev–Trinajstić information content (AvgIpc) is 2.63. The van der Waals surface area contributed by atoms with Crippen molar-refractivity contribution in [3.05, 3.63) is 34.9 Å². The number of benzene rings is 1. The molecule has 2 N–H and O–H groups in total. The smallest absolute Gasteiger partial charge is 0.291 e. The monoisotopic (exact) mass is 396 g/mol. The number of ether oxygens (including phenoxy) is 1. The summed E-state index contributed by atoms with van der Waals surface area (Å²) in [6.07, 6.45) is 2.05. The highest BCUT2D eigenvalue weighted by molar-refractivity contribution is 6.34. The first-order valence-corrected chi connectivity index (χ1v) is 10.3. The van der Waals surface area contributed by atoms with E-state index in [9.17, 15) is 4.79 Å². The van der Waals surface area contributed by atoms with Crippen molar-refractivity contribution in [1.82, 2.24) is 5.32 Å². The van der Waals surface area contributed by atoms with Crippen LogP contribution in [-0.4, -0.2) is 44.2 Å². The van der Waals surface area contributed by atoms with Gasteiger partial charge >= 0.3 is 0 Å². The Balaban J connectivity index is 2.72. The molecule has 0 spiro atoms. The van der Waals surface area contributed by atoms with E-state index in [0.717, 1.165) is 32.5 Å². The minimum Gasteiger partial charge on any atom is -0.465 e. The quantitative estimate of drug-likeness (QED) is 0.471. The molecule has 1 atom stereocenters. The summed E-state index contributed by atoms with van der Waals surface area (Å²) in [4.78, 5) is 18.7. The predicted octanol–water partition coefficient (Wildman–Crippen LogP) is 3.19. The molecule has 1 aromatic carbocycles. The Morgan fingerprint density at radius 1 is 1.22 bits per heavy atom. The fraction of sp³-hybridized carbons (Fsp3) is 0.619. The van der Waals surface area contributed by atoms with Gasteiger partial charge in [0.25, 0.3) is 11.9 Å². The van der Waals surface area contributed by atoms with Gasteiger partial charge in [-0.1, -0.05) is 37.6 Å². The zero-order chi connectivity index (χ0) is 20.2. The number of hydrogen-bond acceptors (Lipinski definition) is 3. The number of nitrogens with zero attached hydrogens (tertiary/aromatic N) is 1. The second-order valence-electron chi connectivity index (χ2n) is 7.27. The van der Waals surface area contributed by atoms with Crippen LogP contribution < -0.4 is 10.2 Å². The first kappa shape index (κ1) is 23.4. The van der Waals surface area contributed by atoms with Gasteiger partial charge in [0.2, 0.25) is 0 Å². The highest BCUT2D eigenvalue weighted by Gasteiger charge is 2.15. The number of carbonyl (C=O) groups excluding carboxylic acids is 1. The van der Waals surface area contributed by atoms with Crippen LogP contribution in [0.1, 0.15) is 57.8 Å². The summed E-state index contributed by atoms with van der Waals surface area (Å²) in [6, 6.07) is 7.31. The Morgan fingerprint density at radius 3 is 2.48 bits per heavy atom. The molecule has 6 heteroatoms. The van der Waals surface area contributed by atoms with Crippen LogP contribution in [0.3, 0.4) is 0 Å². The van der Waals surface area contributed by atoms with Crippen LogP contribution >= 0.6 is 11.6 Å². The number of aliphatic imine (C=N–C) groups is 1. The summed E-state index contributed by atoms with van der Waals surface area (Å²) >= 11 is 6.12. The molecule has 1 rings (SSSR count). The maximum absolute atomic E-state index is 12.5. The SMILES string of the molecule is CC[NH+](CC)CCC[C@@H](C)N=C(NC(=O)c1ccccc1Cl)OCC(C)C. The molecule has 1 aromatic rings. The molecule has 0 bridgehead atoms. The summed E-state index contributed by atoms with van der Waals surface area (Å²) in [5.74, 6) is 0.0388. The van der Waals surface area contributed by atoms with E-state index < -0.39 is 0 Å². The number of halogens is 1. The third-order valence-corrected chi connectivity index (χ3v) is 4.71. The van der Waals surface area contributed by atoms with E-state index in [1.807, 2.05) is 0 Å². The maximum Gasteiger partial charge on any atom is 0.291 e. The topological polar surface area (TPSA) is 55.1 Å². The van der Waals surface area contributed by atoms with Crippen molar-refractivity contribution in [2.45, 2.75) is 53.5 Å². The number of amidine groups is 1. The maximum atomic E-state index is 12.5. The molecule has 0 saturated heterocycles. The van der Waals surface area contributed by atoms with Crippen LogP contribution in [0.15, 0.2) is 29.3 Å². The molecule has 0 aliphatic rings.